The van der Waals surface area contributed by atoms with E-state index >= 15 is 0 Å². The van der Waals surface area contributed by atoms with Gasteiger partial charge in [0.1, 0.15) is 0 Å². The third-order valence-electron chi connectivity index (χ3n) is 4.84. The predicted molar refractivity (Wildman–Crippen MR) is 108 cm³/mol. The van der Waals surface area contributed by atoms with Crippen molar-refractivity contribution in [1.29, 1.82) is 0 Å². The molecule has 0 spiro atoms. The number of hydrogen-bond acceptors (Lipinski definition) is 2. The standard InChI is InChI=1S/C23H18F3NOSe/c24-23(25,26)19-13-11-17(12-14-19)21-15-22(28-27-21,18-7-3-1-4-8-18)16-29-20-9-5-2-6-10-20/h1-14H,15-16H2/t22-/m1/s1. The Morgan fingerprint density at radius 3 is 2.10 bits per heavy atom. The third kappa shape index (κ3) is 4.39. The summed E-state index contributed by atoms with van der Waals surface area (Å²) in [5.74, 6) is 0. The van der Waals surface area contributed by atoms with Gasteiger partial charge in [0, 0.05) is 0 Å². The van der Waals surface area contributed by atoms with Crippen LogP contribution >= 0.6 is 0 Å². The summed E-state index contributed by atoms with van der Waals surface area (Å²) in [6.07, 6.45) is -3.82. The molecule has 3 aromatic carbocycles. The summed E-state index contributed by atoms with van der Waals surface area (Å²) < 4.78 is 39.8. The molecule has 29 heavy (non-hydrogen) atoms. The maximum absolute atomic E-state index is 12.8. The molecule has 1 aliphatic rings. The van der Waals surface area contributed by atoms with E-state index in [1.54, 1.807) is 0 Å². The molecule has 0 fully saturated rings. The molecule has 3 aromatic rings. The Hall–Kier alpha value is -2.56. The molecule has 0 radical (unpaired) electrons. The van der Waals surface area contributed by atoms with Gasteiger partial charge in [0.05, 0.1) is 0 Å². The molecule has 0 aromatic heterocycles. The second kappa shape index (κ2) is 8.05. The molecule has 0 unspecified atom stereocenters. The normalized spacial score (nSPS) is 18.9. The average molecular weight is 460 g/mol. The van der Waals surface area contributed by atoms with Crippen molar-refractivity contribution in [3.8, 4) is 0 Å². The van der Waals surface area contributed by atoms with E-state index in [4.69, 9.17) is 4.84 Å². The second-order valence-corrected chi connectivity index (χ2v) is 9.04. The van der Waals surface area contributed by atoms with Crippen molar-refractivity contribution in [2.24, 2.45) is 5.16 Å². The molecular formula is C23H18F3NOSe. The van der Waals surface area contributed by atoms with E-state index in [2.05, 4.69) is 17.3 Å². The number of benzene rings is 3. The van der Waals surface area contributed by atoms with E-state index in [0.717, 1.165) is 23.0 Å². The topological polar surface area (TPSA) is 21.6 Å². The van der Waals surface area contributed by atoms with Crippen LogP contribution in [0.4, 0.5) is 13.2 Å². The van der Waals surface area contributed by atoms with Gasteiger partial charge in [0.15, 0.2) is 0 Å². The molecule has 0 saturated carbocycles. The van der Waals surface area contributed by atoms with E-state index in [0.29, 0.717) is 17.7 Å². The van der Waals surface area contributed by atoms with Gasteiger partial charge in [-0.15, -0.1) is 0 Å². The summed E-state index contributed by atoms with van der Waals surface area (Å²) in [7, 11) is 0. The van der Waals surface area contributed by atoms with E-state index in [9.17, 15) is 13.2 Å². The Morgan fingerprint density at radius 1 is 0.862 bits per heavy atom. The van der Waals surface area contributed by atoms with Crippen LogP contribution in [0, 0.1) is 0 Å². The Balaban J connectivity index is 1.58. The van der Waals surface area contributed by atoms with Gasteiger partial charge in [-0.1, -0.05) is 0 Å². The van der Waals surface area contributed by atoms with Gasteiger partial charge < -0.3 is 0 Å². The summed E-state index contributed by atoms with van der Waals surface area (Å²) in [5, 5.41) is 5.06. The van der Waals surface area contributed by atoms with Crippen molar-refractivity contribution in [3.05, 3.63) is 102 Å². The fourth-order valence-electron chi connectivity index (χ4n) is 3.26. The van der Waals surface area contributed by atoms with Crippen LogP contribution in [0.2, 0.25) is 5.32 Å². The molecule has 6 heteroatoms. The fourth-order valence-corrected chi connectivity index (χ4v) is 5.50. The van der Waals surface area contributed by atoms with Crippen molar-refractivity contribution in [2.45, 2.75) is 23.5 Å². The fraction of sp³-hybridized carbons (Fsp3) is 0.174. The number of rotatable bonds is 5. The quantitative estimate of drug-likeness (QED) is 0.482. The second-order valence-electron chi connectivity index (χ2n) is 6.84. The molecule has 0 saturated heterocycles. The number of alkyl halides is 3. The number of hydrogen-bond donors (Lipinski definition) is 0. The van der Waals surface area contributed by atoms with Crippen molar-refractivity contribution in [2.75, 3.05) is 0 Å². The van der Waals surface area contributed by atoms with Crippen LogP contribution < -0.4 is 4.46 Å². The van der Waals surface area contributed by atoms with Crippen molar-refractivity contribution < 1.29 is 18.0 Å². The first-order valence-electron chi connectivity index (χ1n) is 9.12. The first kappa shape index (κ1) is 19.7. The van der Waals surface area contributed by atoms with Gasteiger partial charge >= 0.3 is 173 Å². The zero-order valence-corrected chi connectivity index (χ0v) is 17.1. The minimum atomic E-state index is -4.35. The van der Waals surface area contributed by atoms with Gasteiger partial charge in [-0.05, 0) is 0 Å². The minimum absolute atomic E-state index is 0.169. The van der Waals surface area contributed by atoms with Crippen molar-refractivity contribution in [3.63, 3.8) is 0 Å². The van der Waals surface area contributed by atoms with Crippen LogP contribution in [0.1, 0.15) is 23.1 Å². The van der Waals surface area contributed by atoms with Crippen LogP contribution in [-0.2, 0) is 16.6 Å². The van der Waals surface area contributed by atoms with E-state index in [1.165, 1.54) is 16.6 Å². The Kier molecular flexibility index (Phi) is 5.48. The summed E-state index contributed by atoms with van der Waals surface area (Å²) >= 11 is 0.169. The zero-order chi connectivity index (χ0) is 20.3. The van der Waals surface area contributed by atoms with Crippen LogP contribution in [0.3, 0.4) is 0 Å². The number of oxime groups is 1. The Morgan fingerprint density at radius 2 is 1.48 bits per heavy atom. The summed E-state index contributed by atoms with van der Waals surface area (Å²) in [4.78, 5) is 5.99. The van der Waals surface area contributed by atoms with Gasteiger partial charge in [-0.3, -0.25) is 0 Å². The molecule has 1 heterocycles. The SMILES string of the molecule is FC(F)(F)c1ccc(C2=NO[C@](C[Se]c3ccccc3)(c3ccccc3)C2)cc1. The number of nitrogens with zero attached hydrogens (tertiary/aromatic N) is 1. The molecule has 0 N–H and O–H groups in total. The van der Waals surface area contributed by atoms with Crippen LogP contribution in [0.5, 0.6) is 0 Å². The molecule has 2 nitrogen and oxygen atoms in total. The van der Waals surface area contributed by atoms with Gasteiger partial charge in [-0.25, -0.2) is 0 Å². The molecule has 0 bridgehead atoms. The summed E-state index contributed by atoms with van der Waals surface area (Å²) in [6.45, 7) is 0. The molecule has 0 aliphatic carbocycles. The first-order chi connectivity index (χ1) is 14.0. The molecule has 0 amide bonds. The average Bonchev–Trinajstić information content (AvgIpc) is 3.19. The van der Waals surface area contributed by atoms with Crippen LogP contribution in [0.25, 0.3) is 0 Å². The van der Waals surface area contributed by atoms with Crippen molar-refractivity contribution in [1.82, 2.24) is 0 Å². The monoisotopic (exact) mass is 461 g/mol. The summed E-state index contributed by atoms with van der Waals surface area (Å²) in [5.41, 5.74) is 1.09. The molecule has 1 atom stereocenters. The third-order valence-corrected chi connectivity index (χ3v) is 7.40. The van der Waals surface area contributed by atoms with Gasteiger partial charge in [-0.2, -0.15) is 0 Å². The molecular weight excluding hydrogens is 442 g/mol. The Bertz CT molecular complexity index is 988. The Labute approximate surface area is 173 Å². The predicted octanol–water partition coefficient (Wildman–Crippen LogP) is 5.17. The van der Waals surface area contributed by atoms with Gasteiger partial charge in [0.2, 0.25) is 0 Å². The van der Waals surface area contributed by atoms with E-state index < -0.39 is 17.3 Å². The van der Waals surface area contributed by atoms with Crippen LogP contribution in [0.15, 0.2) is 90.1 Å². The number of halogens is 3. The summed E-state index contributed by atoms with van der Waals surface area (Å²) in [6, 6.07) is 25.3. The van der Waals surface area contributed by atoms with E-state index in [1.807, 2.05) is 48.5 Å². The van der Waals surface area contributed by atoms with Crippen LogP contribution in [-0.4, -0.2) is 20.7 Å². The molecule has 4 rings (SSSR count). The molecule has 1 aliphatic heterocycles. The zero-order valence-electron chi connectivity index (χ0n) is 15.4. The van der Waals surface area contributed by atoms with Crippen molar-refractivity contribution >= 4 is 25.1 Å². The maximum atomic E-state index is 12.8. The first-order valence-corrected chi connectivity index (χ1v) is 11.2. The molecule has 148 valence electrons. The van der Waals surface area contributed by atoms with Gasteiger partial charge in [0.25, 0.3) is 0 Å². The van der Waals surface area contributed by atoms with E-state index in [-0.39, 0.29) is 15.0 Å².